The topological polar surface area (TPSA) is 192 Å². The number of carbonyl (C=O) groups excluding carboxylic acids is 2. The number of hydrogen-bond donors (Lipinski definition) is 4. The maximum Gasteiger partial charge on any atom is 0.348 e. The zero-order valence-corrected chi connectivity index (χ0v) is 42.0. The number of hydrogen-bond acceptors (Lipinski definition) is 14. The highest BCUT2D eigenvalue weighted by Gasteiger charge is 2.34. The predicted molar refractivity (Wildman–Crippen MR) is 279 cm³/mol. The molecule has 10 rings (SSSR count). The van der Waals surface area contributed by atoms with E-state index in [0.717, 1.165) is 95.1 Å². The van der Waals surface area contributed by atoms with E-state index in [4.69, 9.17) is 9.72 Å². The van der Waals surface area contributed by atoms with Crippen molar-refractivity contribution in [2.24, 2.45) is 5.92 Å². The Morgan fingerprint density at radius 2 is 1.58 bits per heavy atom. The molecule has 3 saturated heterocycles. The lowest BCUT2D eigenvalue weighted by molar-refractivity contribution is -0.137. The molecule has 6 aromatic rings. The second-order valence-electron chi connectivity index (χ2n) is 19.8. The van der Waals surface area contributed by atoms with E-state index < -0.39 is 11.5 Å². The number of H-pyrrole nitrogens is 1. The first-order valence-corrected chi connectivity index (χ1v) is 25.3. The van der Waals surface area contributed by atoms with Crippen molar-refractivity contribution in [3.63, 3.8) is 0 Å². The third-order valence-corrected chi connectivity index (χ3v) is 15.0. The van der Waals surface area contributed by atoms with Crippen molar-refractivity contribution in [2.45, 2.75) is 65.0 Å². The molecule has 0 unspecified atom stereocenters. The van der Waals surface area contributed by atoms with E-state index in [9.17, 15) is 24.6 Å². The number of halogens is 1. The van der Waals surface area contributed by atoms with Crippen LogP contribution in [0.4, 0.5) is 38.9 Å². The molecule has 0 saturated carbocycles. The molecule has 2 aromatic heterocycles. The second-order valence-corrected chi connectivity index (χ2v) is 19.8. The lowest BCUT2D eigenvalue weighted by Crippen LogP contribution is -2.54. The van der Waals surface area contributed by atoms with Crippen LogP contribution in [0.25, 0.3) is 17.1 Å². The number of nitrogens with one attached hydrogen (secondary N) is 2. The van der Waals surface area contributed by atoms with E-state index in [1.807, 2.05) is 69.1 Å². The zero-order chi connectivity index (χ0) is 51.1. The number of amides is 2. The van der Waals surface area contributed by atoms with Gasteiger partial charge in [-0.2, -0.15) is 10.1 Å². The number of benzene rings is 4. The lowest BCUT2D eigenvalue weighted by atomic mass is 9.93. The largest absolute Gasteiger partial charge is 0.508 e. The quantitative estimate of drug-likeness (QED) is 0.0961. The van der Waals surface area contributed by atoms with Crippen molar-refractivity contribution in [3.05, 3.63) is 112 Å². The first-order chi connectivity index (χ1) is 35.3. The highest BCUT2D eigenvalue weighted by molar-refractivity contribution is 6.13. The lowest BCUT2D eigenvalue weighted by Gasteiger charge is -2.43. The van der Waals surface area contributed by atoms with Crippen LogP contribution in [-0.2, 0) is 11.3 Å². The highest BCUT2D eigenvalue weighted by atomic mass is 19.1. The predicted octanol–water partition coefficient (Wildman–Crippen LogP) is 7.22. The van der Waals surface area contributed by atoms with Gasteiger partial charge in [0.25, 0.3) is 5.91 Å². The number of rotatable bonds is 12. The van der Waals surface area contributed by atoms with Crippen LogP contribution in [-0.4, -0.2) is 141 Å². The van der Waals surface area contributed by atoms with Crippen molar-refractivity contribution in [2.75, 3.05) is 93.1 Å². The summed E-state index contributed by atoms with van der Waals surface area (Å²) in [6.45, 7) is 12.9. The number of anilines is 6. The van der Waals surface area contributed by atoms with Gasteiger partial charge in [-0.3, -0.25) is 19.4 Å². The van der Waals surface area contributed by atoms with Gasteiger partial charge in [0, 0.05) is 108 Å². The van der Waals surface area contributed by atoms with E-state index in [-0.39, 0.29) is 52.2 Å². The van der Waals surface area contributed by atoms with Gasteiger partial charge in [0.15, 0.2) is 11.6 Å². The van der Waals surface area contributed by atoms with Crippen LogP contribution < -0.4 is 30.4 Å². The molecule has 19 heteroatoms. The molecule has 0 atom stereocenters. The molecule has 0 aliphatic carbocycles. The molecule has 4 aliphatic rings. The Morgan fingerprint density at radius 1 is 0.836 bits per heavy atom. The minimum absolute atomic E-state index is 0.0174. The molecular formula is C54H63FN12O6. The van der Waals surface area contributed by atoms with E-state index in [0.29, 0.717) is 59.1 Å². The van der Waals surface area contributed by atoms with Crippen molar-refractivity contribution >= 4 is 46.3 Å². The molecular weight excluding hydrogens is 932 g/mol. The summed E-state index contributed by atoms with van der Waals surface area (Å²) in [4.78, 5) is 62.2. The molecule has 18 nitrogen and oxygen atoms in total. The Kier molecular flexibility index (Phi) is 13.8. The van der Waals surface area contributed by atoms with Crippen molar-refractivity contribution in [1.29, 1.82) is 0 Å². The van der Waals surface area contributed by atoms with Crippen LogP contribution in [0.2, 0.25) is 0 Å². The first-order valence-electron chi connectivity index (χ1n) is 25.3. The van der Waals surface area contributed by atoms with Gasteiger partial charge in [0.2, 0.25) is 11.9 Å². The first kappa shape index (κ1) is 49.1. The average molecular weight is 995 g/mol. The Labute approximate surface area is 423 Å². The fraction of sp³-hybridized carbons (Fsp3) is 0.407. The number of aromatic hydroxyl groups is 2. The fourth-order valence-electron chi connectivity index (χ4n) is 10.8. The number of carbonyl (C=O) groups is 2. The fourth-order valence-corrected chi connectivity index (χ4v) is 10.8. The number of fused-ring (bicyclic) bond motifs is 2. The zero-order valence-electron chi connectivity index (χ0n) is 42.0. The molecule has 2 amide bonds. The van der Waals surface area contributed by atoms with Gasteiger partial charge in [-0.25, -0.2) is 23.8 Å². The Hall–Kier alpha value is -7.51. The molecule has 4 N–H and O–H groups in total. The Morgan fingerprint density at radius 3 is 2.30 bits per heavy atom. The average Bonchev–Trinajstić information content (AvgIpc) is 3.76. The summed E-state index contributed by atoms with van der Waals surface area (Å²) in [5.74, 6) is 1.06. The standard InChI is InChI=1S/C54H63FN12O6/c1-6-73-48-28-37(13-14-43(48)57-53-56-31-45-50(58-53)61(4)44-10-8-7-9-39(44)52(71)62(45)5)64-19-15-34(16-20-64)51(70)66-21-17-36(18-22-66)65-25-23-63(24-26-65)32-35-11-12-38(27-42(35)55)67-49(59-60-54(67)72)41-29-40(33(2)3)46(68)30-47(41)69/h7-14,27-31,33-34,36,68-69H,6,15-26,32H2,1-5H3,(H,60,72)(H,56,57,58). The summed E-state index contributed by atoms with van der Waals surface area (Å²) in [5.41, 5.74) is 4.74. The van der Waals surface area contributed by atoms with Gasteiger partial charge in [0.1, 0.15) is 28.8 Å². The molecule has 73 heavy (non-hydrogen) atoms. The third-order valence-electron chi connectivity index (χ3n) is 15.0. The van der Waals surface area contributed by atoms with Crippen molar-refractivity contribution < 1.29 is 28.9 Å². The van der Waals surface area contributed by atoms with Gasteiger partial charge in [-0.15, -0.1) is 0 Å². The molecule has 382 valence electrons. The Balaban J connectivity index is 0.695. The van der Waals surface area contributed by atoms with Crippen LogP contribution in [0, 0.1) is 11.7 Å². The van der Waals surface area contributed by atoms with E-state index in [2.05, 4.69) is 46.2 Å². The highest BCUT2D eigenvalue weighted by Crippen LogP contribution is 2.41. The summed E-state index contributed by atoms with van der Waals surface area (Å²) in [6.07, 6.45) is 5.06. The van der Waals surface area contributed by atoms with Crippen LogP contribution in [0.3, 0.4) is 0 Å². The molecule has 0 radical (unpaired) electrons. The summed E-state index contributed by atoms with van der Waals surface area (Å²) in [5, 5.41) is 31.0. The van der Waals surface area contributed by atoms with Crippen LogP contribution >= 0.6 is 0 Å². The van der Waals surface area contributed by atoms with Crippen molar-refractivity contribution in [3.8, 4) is 34.3 Å². The van der Waals surface area contributed by atoms with Crippen molar-refractivity contribution in [1.82, 2.24) is 39.4 Å². The maximum absolute atomic E-state index is 15.8. The summed E-state index contributed by atoms with van der Waals surface area (Å²) in [7, 11) is 3.63. The van der Waals surface area contributed by atoms with Gasteiger partial charge in [-0.1, -0.05) is 32.0 Å². The summed E-state index contributed by atoms with van der Waals surface area (Å²) < 4.78 is 23.1. The minimum Gasteiger partial charge on any atom is -0.508 e. The van der Waals surface area contributed by atoms with Gasteiger partial charge in [0.05, 0.1) is 41.0 Å². The molecule has 3 fully saturated rings. The van der Waals surface area contributed by atoms with Gasteiger partial charge >= 0.3 is 5.69 Å². The number of phenols is 2. The third kappa shape index (κ3) is 9.78. The number of aromatic amines is 1. The van der Waals surface area contributed by atoms with Crippen LogP contribution in [0.5, 0.6) is 17.2 Å². The number of phenolic OH excluding ortho intramolecular Hbond substituents is 2. The molecule has 4 aromatic carbocycles. The summed E-state index contributed by atoms with van der Waals surface area (Å²) >= 11 is 0. The van der Waals surface area contributed by atoms with E-state index >= 15 is 4.39 Å². The Bertz CT molecular complexity index is 3080. The number of piperazine rings is 1. The normalized spacial score (nSPS) is 17.2. The van der Waals surface area contributed by atoms with Gasteiger partial charge in [-0.05, 0) is 86.6 Å². The van der Waals surface area contributed by atoms with Gasteiger partial charge < -0.3 is 39.9 Å². The number of aromatic nitrogens is 5. The van der Waals surface area contributed by atoms with Crippen LogP contribution in [0.15, 0.2) is 83.8 Å². The van der Waals surface area contributed by atoms with E-state index in [1.54, 1.807) is 36.3 Å². The second kappa shape index (κ2) is 20.5. The SMILES string of the molecule is CCOc1cc(N2CCC(C(=O)N3CCC(N4CCN(Cc5ccc(-n6c(-c7cc(C(C)C)c(O)cc7O)n[nH]c6=O)cc5F)CC4)CC3)CC2)ccc1Nc1ncc2c(n1)N(C)c1ccccc1C(=O)N2C. The molecule has 6 heterocycles. The molecule has 0 bridgehead atoms. The number of piperidine rings is 2. The van der Waals surface area contributed by atoms with Crippen LogP contribution in [0.1, 0.15) is 73.9 Å². The monoisotopic (exact) mass is 994 g/mol. The smallest absolute Gasteiger partial charge is 0.348 e. The number of para-hydroxylation sites is 1. The number of ether oxygens (including phenoxy) is 1. The minimum atomic E-state index is -0.579. The van der Waals surface area contributed by atoms with E-state index in [1.165, 1.54) is 16.7 Å². The maximum atomic E-state index is 15.8. The summed E-state index contributed by atoms with van der Waals surface area (Å²) in [6, 6.07) is 21.5. The molecule has 4 aliphatic heterocycles. The number of nitrogens with zero attached hydrogens (tertiary/aromatic N) is 10. The number of likely N-dealkylation sites (tertiary alicyclic amines) is 1. The molecule has 0 spiro atoms.